The minimum Gasteiger partial charge on any atom is -0.339 e. The number of fused-ring (bicyclic) bond motifs is 1. The molecule has 3 N–H and O–H groups in total. The van der Waals surface area contributed by atoms with Crippen molar-refractivity contribution in [3.63, 3.8) is 0 Å². The fourth-order valence-electron chi connectivity index (χ4n) is 3.69. The number of nitrogens with one attached hydrogen (secondary N) is 3. The third-order valence-electron chi connectivity index (χ3n) is 5.23. The van der Waals surface area contributed by atoms with E-state index in [0.717, 1.165) is 40.8 Å². The van der Waals surface area contributed by atoms with Gasteiger partial charge in [-0.15, -0.1) is 0 Å². The Hall–Kier alpha value is -3.07. The highest BCUT2D eigenvalue weighted by Gasteiger charge is 2.24. The van der Waals surface area contributed by atoms with Gasteiger partial charge in [-0.2, -0.15) is 0 Å². The second-order valence-electron chi connectivity index (χ2n) is 7.38. The Morgan fingerprint density at radius 3 is 2.67 bits per heavy atom. The van der Waals surface area contributed by atoms with Crippen LogP contribution in [-0.4, -0.2) is 42.5 Å². The van der Waals surface area contributed by atoms with Gasteiger partial charge in [0.2, 0.25) is 0 Å². The summed E-state index contributed by atoms with van der Waals surface area (Å²) in [6, 6.07) is 19.0. The fourth-order valence-corrected chi connectivity index (χ4v) is 4.93. The monoisotopic (exact) mass is 419 g/mol. The van der Waals surface area contributed by atoms with Crippen LogP contribution < -0.4 is 10.0 Å². The van der Waals surface area contributed by atoms with Crippen LogP contribution in [0, 0.1) is 0 Å². The van der Waals surface area contributed by atoms with Gasteiger partial charge in [0.1, 0.15) is 5.65 Å². The highest BCUT2D eigenvalue weighted by Crippen LogP contribution is 2.26. The van der Waals surface area contributed by atoms with E-state index in [0.29, 0.717) is 12.2 Å². The Labute approximate surface area is 174 Å². The molecule has 1 saturated heterocycles. The molecule has 0 bridgehead atoms. The predicted octanol–water partition coefficient (Wildman–Crippen LogP) is 2.93. The Morgan fingerprint density at radius 2 is 1.87 bits per heavy atom. The van der Waals surface area contributed by atoms with E-state index in [4.69, 9.17) is 0 Å². The standard InChI is InChI=1S/C22H21N5O2S/c28-30(29,27-18-9-10-23-14-18)21-8-4-7-19(25-21)17-11-16-12-20(26-22(16)24-13-17)15-5-2-1-3-6-15/h1-8,11-13,18,23,27H,9-10,14H2,(H,24,26). The Kier molecular flexibility index (Phi) is 4.82. The van der Waals surface area contributed by atoms with Gasteiger partial charge < -0.3 is 10.3 Å². The molecule has 5 rings (SSSR count). The highest BCUT2D eigenvalue weighted by atomic mass is 32.2. The minimum absolute atomic E-state index is 0.0195. The molecule has 30 heavy (non-hydrogen) atoms. The number of aromatic amines is 1. The van der Waals surface area contributed by atoms with E-state index in [-0.39, 0.29) is 11.1 Å². The van der Waals surface area contributed by atoms with E-state index < -0.39 is 10.0 Å². The molecule has 0 amide bonds. The lowest BCUT2D eigenvalue weighted by Gasteiger charge is -2.12. The Balaban J connectivity index is 1.47. The van der Waals surface area contributed by atoms with Crippen molar-refractivity contribution in [1.82, 2.24) is 25.0 Å². The van der Waals surface area contributed by atoms with Gasteiger partial charge in [-0.05, 0) is 42.8 Å². The van der Waals surface area contributed by atoms with Crippen LogP contribution in [0.25, 0.3) is 33.5 Å². The van der Waals surface area contributed by atoms with Crippen LogP contribution in [0.2, 0.25) is 0 Å². The number of rotatable bonds is 5. The summed E-state index contributed by atoms with van der Waals surface area (Å²) in [4.78, 5) is 12.2. The largest absolute Gasteiger partial charge is 0.339 e. The number of H-pyrrole nitrogens is 1. The maximum absolute atomic E-state index is 12.7. The van der Waals surface area contributed by atoms with Gasteiger partial charge in [-0.25, -0.2) is 23.1 Å². The highest BCUT2D eigenvalue weighted by molar-refractivity contribution is 7.89. The van der Waals surface area contributed by atoms with E-state index >= 15 is 0 Å². The van der Waals surface area contributed by atoms with Gasteiger partial charge in [0.05, 0.1) is 5.69 Å². The quantitative estimate of drug-likeness (QED) is 0.462. The van der Waals surface area contributed by atoms with Crippen molar-refractivity contribution in [3.8, 4) is 22.5 Å². The lowest BCUT2D eigenvalue weighted by atomic mass is 10.1. The van der Waals surface area contributed by atoms with Crippen molar-refractivity contribution in [2.45, 2.75) is 17.5 Å². The maximum atomic E-state index is 12.7. The maximum Gasteiger partial charge on any atom is 0.258 e. The zero-order chi connectivity index (χ0) is 20.6. The molecule has 0 spiro atoms. The molecule has 1 aliphatic rings. The van der Waals surface area contributed by atoms with Crippen molar-refractivity contribution in [2.24, 2.45) is 0 Å². The van der Waals surface area contributed by atoms with Gasteiger partial charge in [0.25, 0.3) is 10.0 Å². The van der Waals surface area contributed by atoms with E-state index in [1.165, 1.54) is 6.07 Å². The zero-order valence-electron chi connectivity index (χ0n) is 16.2. The molecule has 4 aromatic rings. The first-order chi connectivity index (χ1) is 14.6. The molecule has 1 atom stereocenters. The first-order valence-electron chi connectivity index (χ1n) is 9.83. The SMILES string of the molecule is O=S(=O)(NC1CCNC1)c1cccc(-c2cnc3[nH]c(-c4ccccc4)cc3c2)n1. The normalized spacial score (nSPS) is 16.9. The van der Waals surface area contributed by atoms with Crippen LogP contribution in [0.15, 0.2) is 71.9 Å². The molecular weight excluding hydrogens is 398 g/mol. The van der Waals surface area contributed by atoms with E-state index in [9.17, 15) is 8.42 Å². The van der Waals surface area contributed by atoms with Crippen LogP contribution in [-0.2, 0) is 10.0 Å². The number of benzene rings is 1. The summed E-state index contributed by atoms with van der Waals surface area (Å²) in [5.41, 5.74) is 4.17. The van der Waals surface area contributed by atoms with Gasteiger partial charge in [-0.1, -0.05) is 36.4 Å². The fraction of sp³-hybridized carbons (Fsp3) is 0.182. The number of sulfonamides is 1. The number of aromatic nitrogens is 3. The van der Waals surface area contributed by atoms with Crippen molar-refractivity contribution in [3.05, 3.63) is 66.9 Å². The zero-order valence-corrected chi connectivity index (χ0v) is 17.0. The molecule has 1 aliphatic heterocycles. The average molecular weight is 420 g/mol. The summed E-state index contributed by atoms with van der Waals surface area (Å²) in [7, 11) is -3.68. The van der Waals surface area contributed by atoms with E-state index in [2.05, 4.69) is 25.0 Å². The predicted molar refractivity (Wildman–Crippen MR) is 116 cm³/mol. The van der Waals surface area contributed by atoms with Crippen LogP contribution in [0.4, 0.5) is 0 Å². The topological polar surface area (TPSA) is 99.8 Å². The Morgan fingerprint density at radius 1 is 1.00 bits per heavy atom. The summed E-state index contributed by atoms with van der Waals surface area (Å²) in [5, 5.41) is 4.12. The third kappa shape index (κ3) is 3.72. The van der Waals surface area contributed by atoms with Gasteiger partial charge >= 0.3 is 0 Å². The van der Waals surface area contributed by atoms with Crippen LogP contribution >= 0.6 is 0 Å². The molecule has 0 saturated carbocycles. The molecule has 1 unspecified atom stereocenters. The lowest BCUT2D eigenvalue weighted by molar-refractivity contribution is 0.556. The van der Waals surface area contributed by atoms with Gasteiger partial charge in [-0.3, -0.25) is 0 Å². The van der Waals surface area contributed by atoms with E-state index in [1.54, 1.807) is 18.3 Å². The van der Waals surface area contributed by atoms with Crippen molar-refractivity contribution < 1.29 is 8.42 Å². The summed E-state index contributed by atoms with van der Waals surface area (Å²) in [6.07, 6.45) is 2.48. The molecule has 0 radical (unpaired) electrons. The number of hydrogen-bond acceptors (Lipinski definition) is 5. The molecule has 7 nitrogen and oxygen atoms in total. The van der Waals surface area contributed by atoms with Crippen LogP contribution in [0.3, 0.4) is 0 Å². The average Bonchev–Trinajstić information content (AvgIpc) is 3.43. The van der Waals surface area contributed by atoms with E-state index in [1.807, 2.05) is 42.5 Å². The molecule has 1 fully saturated rings. The summed E-state index contributed by atoms with van der Waals surface area (Å²) in [6.45, 7) is 1.45. The molecule has 3 aromatic heterocycles. The third-order valence-corrected chi connectivity index (χ3v) is 6.65. The summed E-state index contributed by atoms with van der Waals surface area (Å²) in [5.74, 6) is 0. The second kappa shape index (κ2) is 7.64. The number of nitrogens with zero attached hydrogens (tertiary/aromatic N) is 2. The second-order valence-corrected chi connectivity index (χ2v) is 9.04. The Bertz CT molecular complexity index is 1300. The lowest BCUT2D eigenvalue weighted by Crippen LogP contribution is -2.36. The number of hydrogen-bond donors (Lipinski definition) is 3. The van der Waals surface area contributed by atoms with Crippen molar-refractivity contribution >= 4 is 21.1 Å². The smallest absolute Gasteiger partial charge is 0.258 e. The van der Waals surface area contributed by atoms with Crippen molar-refractivity contribution in [1.29, 1.82) is 0 Å². The van der Waals surface area contributed by atoms with Crippen molar-refractivity contribution in [2.75, 3.05) is 13.1 Å². The number of pyridine rings is 2. The first kappa shape index (κ1) is 18.9. The molecule has 1 aromatic carbocycles. The van der Waals surface area contributed by atoms with Gasteiger partial charge in [0, 0.05) is 35.4 Å². The first-order valence-corrected chi connectivity index (χ1v) is 11.3. The molecule has 152 valence electrons. The molecule has 8 heteroatoms. The molecule has 0 aliphatic carbocycles. The van der Waals surface area contributed by atoms with Crippen LogP contribution in [0.5, 0.6) is 0 Å². The molecular formula is C22H21N5O2S. The minimum atomic E-state index is -3.68. The summed E-state index contributed by atoms with van der Waals surface area (Å²) < 4.78 is 28.2. The molecule has 4 heterocycles. The van der Waals surface area contributed by atoms with Crippen LogP contribution in [0.1, 0.15) is 6.42 Å². The summed E-state index contributed by atoms with van der Waals surface area (Å²) >= 11 is 0. The van der Waals surface area contributed by atoms with Gasteiger partial charge in [0.15, 0.2) is 5.03 Å².